The molecular formula is C24H28N2O3. The van der Waals surface area contributed by atoms with Crippen LogP contribution in [0, 0.1) is 0 Å². The first-order chi connectivity index (χ1) is 13.8. The van der Waals surface area contributed by atoms with E-state index in [0.717, 1.165) is 47.5 Å². The van der Waals surface area contributed by atoms with Crippen LogP contribution in [-0.4, -0.2) is 48.6 Å². The van der Waals surface area contributed by atoms with Crippen LogP contribution in [-0.2, 0) is 11.2 Å². The van der Waals surface area contributed by atoms with Crippen LogP contribution in [0.5, 0.6) is 0 Å². The van der Waals surface area contributed by atoms with Crippen LogP contribution < -0.4 is 4.90 Å². The maximum Gasteiger partial charge on any atom is 0.410 e. The van der Waals surface area contributed by atoms with E-state index >= 15 is 0 Å². The van der Waals surface area contributed by atoms with E-state index < -0.39 is 5.60 Å². The average molecular weight is 392 g/mol. The number of piperazine rings is 1. The third kappa shape index (κ3) is 4.29. The van der Waals surface area contributed by atoms with Crippen LogP contribution in [0.3, 0.4) is 0 Å². The molecule has 0 N–H and O–H groups in total. The van der Waals surface area contributed by atoms with Crippen molar-refractivity contribution in [2.75, 3.05) is 31.1 Å². The number of benzene rings is 2. The summed E-state index contributed by atoms with van der Waals surface area (Å²) in [6.45, 7) is 8.58. The van der Waals surface area contributed by atoms with Gasteiger partial charge in [-0.15, -0.1) is 0 Å². The number of hydrogen-bond donors (Lipinski definition) is 0. The zero-order valence-electron chi connectivity index (χ0n) is 17.4. The number of aryl methyl sites for hydroxylation is 1. The molecular weight excluding hydrogens is 364 g/mol. The summed E-state index contributed by atoms with van der Waals surface area (Å²) in [7, 11) is 0. The first-order valence-corrected chi connectivity index (χ1v) is 10.3. The second-order valence-electron chi connectivity index (χ2n) is 8.80. The summed E-state index contributed by atoms with van der Waals surface area (Å²) in [5.41, 5.74) is 5.05. The van der Waals surface area contributed by atoms with Crippen molar-refractivity contribution in [3.05, 3.63) is 53.6 Å². The minimum atomic E-state index is -0.463. The number of carbonyl (C=O) groups is 2. The molecule has 1 amide bonds. The molecule has 1 fully saturated rings. The van der Waals surface area contributed by atoms with Crippen molar-refractivity contribution in [3.8, 4) is 11.1 Å². The Morgan fingerprint density at radius 1 is 0.897 bits per heavy atom. The number of anilines is 1. The molecule has 2 aromatic carbocycles. The van der Waals surface area contributed by atoms with E-state index in [0.29, 0.717) is 19.5 Å². The van der Waals surface area contributed by atoms with Crippen molar-refractivity contribution in [1.29, 1.82) is 0 Å². The molecule has 5 nitrogen and oxygen atoms in total. The molecule has 2 aliphatic rings. The summed E-state index contributed by atoms with van der Waals surface area (Å²) in [4.78, 5) is 28.1. The van der Waals surface area contributed by atoms with Crippen molar-refractivity contribution in [2.24, 2.45) is 0 Å². The van der Waals surface area contributed by atoms with Crippen LogP contribution >= 0.6 is 0 Å². The predicted molar refractivity (Wildman–Crippen MR) is 115 cm³/mol. The van der Waals surface area contributed by atoms with Crippen molar-refractivity contribution in [2.45, 2.75) is 39.2 Å². The van der Waals surface area contributed by atoms with Crippen LogP contribution in [0.4, 0.5) is 10.5 Å². The fraction of sp³-hybridized carbons (Fsp3) is 0.417. The summed E-state index contributed by atoms with van der Waals surface area (Å²) in [5, 5.41) is 0. The van der Waals surface area contributed by atoms with E-state index in [1.165, 1.54) is 0 Å². The molecule has 0 spiro atoms. The molecule has 0 unspecified atom stereocenters. The van der Waals surface area contributed by atoms with E-state index in [1.54, 1.807) is 4.90 Å². The largest absolute Gasteiger partial charge is 0.444 e. The predicted octanol–water partition coefficient (Wildman–Crippen LogP) is 4.54. The van der Waals surface area contributed by atoms with Crippen molar-refractivity contribution in [3.63, 3.8) is 0 Å². The quantitative estimate of drug-likeness (QED) is 0.753. The third-order valence-electron chi connectivity index (χ3n) is 5.52. The molecule has 29 heavy (non-hydrogen) atoms. The zero-order valence-corrected chi connectivity index (χ0v) is 17.4. The zero-order chi connectivity index (χ0) is 20.6. The van der Waals surface area contributed by atoms with E-state index in [1.807, 2.05) is 32.9 Å². The van der Waals surface area contributed by atoms with Gasteiger partial charge in [-0.1, -0.05) is 30.3 Å². The maximum absolute atomic E-state index is 12.2. The number of amides is 1. The lowest BCUT2D eigenvalue weighted by atomic mass is 10.00. The van der Waals surface area contributed by atoms with E-state index in [2.05, 4.69) is 35.2 Å². The number of ketones is 1. The smallest absolute Gasteiger partial charge is 0.410 e. The van der Waals surface area contributed by atoms with Gasteiger partial charge in [0.1, 0.15) is 5.60 Å². The summed E-state index contributed by atoms with van der Waals surface area (Å²) >= 11 is 0. The number of nitrogens with zero attached hydrogens (tertiary/aromatic N) is 2. The van der Waals surface area contributed by atoms with Gasteiger partial charge in [0.25, 0.3) is 0 Å². The lowest BCUT2D eigenvalue weighted by molar-refractivity contribution is 0.0240. The summed E-state index contributed by atoms with van der Waals surface area (Å²) < 4.78 is 5.47. The Morgan fingerprint density at radius 2 is 1.55 bits per heavy atom. The summed E-state index contributed by atoms with van der Waals surface area (Å²) in [6.07, 6.45) is 1.25. The second-order valence-corrected chi connectivity index (χ2v) is 8.80. The highest BCUT2D eigenvalue weighted by Gasteiger charge is 2.26. The molecule has 0 bridgehead atoms. The number of hydrogen-bond acceptors (Lipinski definition) is 4. The van der Waals surface area contributed by atoms with Crippen molar-refractivity contribution in [1.82, 2.24) is 4.90 Å². The minimum Gasteiger partial charge on any atom is -0.444 e. The summed E-state index contributed by atoms with van der Waals surface area (Å²) in [5.74, 6) is 0.257. The van der Waals surface area contributed by atoms with Gasteiger partial charge in [0.15, 0.2) is 5.78 Å². The first kappa shape index (κ1) is 19.5. The van der Waals surface area contributed by atoms with Crippen LogP contribution in [0.2, 0.25) is 0 Å². The Bertz CT molecular complexity index is 920. The lowest BCUT2D eigenvalue weighted by Gasteiger charge is -2.36. The molecule has 1 heterocycles. The molecule has 152 valence electrons. The van der Waals surface area contributed by atoms with Gasteiger partial charge >= 0.3 is 6.09 Å². The number of rotatable bonds is 2. The number of ether oxygens (including phenoxy) is 1. The summed E-state index contributed by atoms with van der Waals surface area (Å²) in [6, 6.07) is 14.7. The highest BCUT2D eigenvalue weighted by atomic mass is 16.6. The Labute approximate surface area is 172 Å². The molecule has 1 saturated heterocycles. The standard InChI is InChI=1S/C24H28N2O3/c1-24(2,3)29-23(28)26-14-12-25(13-15-26)20-8-4-17(5-9-20)18-6-10-21-19(16-18)7-11-22(21)27/h4-6,8-10,16H,7,11-15H2,1-3H3. The molecule has 0 saturated carbocycles. The highest BCUT2D eigenvalue weighted by molar-refractivity contribution is 6.01. The Morgan fingerprint density at radius 3 is 2.21 bits per heavy atom. The molecule has 5 heteroatoms. The fourth-order valence-electron chi connectivity index (χ4n) is 3.97. The van der Waals surface area contributed by atoms with Gasteiger partial charge < -0.3 is 14.5 Å². The normalized spacial score (nSPS) is 16.7. The van der Waals surface area contributed by atoms with Crippen LogP contribution in [0.25, 0.3) is 11.1 Å². The first-order valence-electron chi connectivity index (χ1n) is 10.3. The van der Waals surface area contributed by atoms with Crippen molar-refractivity contribution < 1.29 is 14.3 Å². The van der Waals surface area contributed by atoms with Gasteiger partial charge in [-0.3, -0.25) is 4.79 Å². The Hall–Kier alpha value is -2.82. The Balaban J connectivity index is 1.39. The molecule has 1 aliphatic heterocycles. The highest BCUT2D eigenvalue weighted by Crippen LogP contribution is 2.29. The SMILES string of the molecule is CC(C)(C)OC(=O)N1CCN(c2ccc(-c3ccc4c(c3)CCC4=O)cc2)CC1. The average Bonchev–Trinajstić information content (AvgIpc) is 3.07. The number of fused-ring (bicyclic) bond motifs is 1. The van der Waals surface area contributed by atoms with E-state index in [-0.39, 0.29) is 11.9 Å². The van der Waals surface area contributed by atoms with Gasteiger partial charge in [0, 0.05) is 43.9 Å². The second kappa shape index (κ2) is 7.54. The molecule has 4 rings (SSSR count). The molecule has 0 aromatic heterocycles. The third-order valence-corrected chi connectivity index (χ3v) is 5.52. The van der Waals surface area contributed by atoms with Gasteiger partial charge in [-0.05, 0) is 56.0 Å². The van der Waals surface area contributed by atoms with Crippen LogP contribution in [0.15, 0.2) is 42.5 Å². The van der Waals surface area contributed by atoms with Gasteiger partial charge in [-0.2, -0.15) is 0 Å². The van der Waals surface area contributed by atoms with Gasteiger partial charge in [0.05, 0.1) is 0 Å². The minimum absolute atomic E-state index is 0.234. The van der Waals surface area contributed by atoms with Crippen LogP contribution in [0.1, 0.15) is 43.1 Å². The van der Waals surface area contributed by atoms with Gasteiger partial charge in [0.2, 0.25) is 0 Å². The molecule has 0 radical (unpaired) electrons. The topological polar surface area (TPSA) is 49.9 Å². The lowest BCUT2D eigenvalue weighted by Crippen LogP contribution is -2.50. The van der Waals surface area contributed by atoms with E-state index in [4.69, 9.17) is 4.74 Å². The molecule has 0 atom stereocenters. The Kier molecular flexibility index (Phi) is 5.07. The number of carbonyl (C=O) groups excluding carboxylic acids is 2. The maximum atomic E-state index is 12.2. The van der Waals surface area contributed by atoms with Gasteiger partial charge in [-0.25, -0.2) is 4.79 Å². The molecule has 2 aromatic rings. The number of Topliss-reactive ketones (excluding diaryl/α,β-unsaturated/α-hetero) is 1. The monoisotopic (exact) mass is 392 g/mol. The van der Waals surface area contributed by atoms with E-state index in [9.17, 15) is 9.59 Å². The fourth-order valence-corrected chi connectivity index (χ4v) is 3.97. The molecule has 1 aliphatic carbocycles. The van der Waals surface area contributed by atoms with Crippen molar-refractivity contribution >= 4 is 17.6 Å².